The number of hydrogen-bond acceptors (Lipinski definition) is 5. The van der Waals surface area contributed by atoms with E-state index >= 15 is 0 Å². The molecular weight excluding hydrogens is 326 g/mol. The highest BCUT2D eigenvalue weighted by atomic mass is 35.5. The van der Waals surface area contributed by atoms with Crippen molar-refractivity contribution in [3.63, 3.8) is 0 Å². The molecular formula is C14H14ClN3O5. The van der Waals surface area contributed by atoms with E-state index in [-0.39, 0.29) is 13.2 Å². The molecule has 0 radical (unpaired) electrons. The molecule has 0 spiro atoms. The molecule has 2 rings (SSSR count). The van der Waals surface area contributed by atoms with Crippen LogP contribution in [0.2, 0.25) is 5.02 Å². The molecule has 1 aliphatic heterocycles. The molecule has 9 heteroatoms. The van der Waals surface area contributed by atoms with E-state index in [1.165, 1.54) is 7.05 Å². The Balaban J connectivity index is 1.73. The predicted molar refractivity (Wildman–Crippen MR) is 79.8 cm³/mol. The second-order valence-electron chi connectivity index (χ2n) is 4.69. The zero-order valence-electron chi connectivity index (χ0n) is 12.2. The fourth-order valence-corrected chi connectivity index (χ4v) is 1.97. The van der Waals surface area contributed by atoms with Crippen LogP contribution in [0.1, 0.15) is 0 Å². The van der Waals surface area contributed by atoms with E-state index in [0.717, 1.165) is 0 Å². The van der Waals surface area contributed by atoms with E-state index in [9.17, 15) is 19.2 Å². The van der Waals surface area contributed by atoms with Crippen LogP contribution in [0.15, 0.2) is 24.3 Å². The monoisotopic (exact) mass is 339 g/mol. The fourth-order valence-electron chi connectivity index (χ4n) is 1.84. The average Bonchev–Trinajstić information content (AvgIpc) is 2.71. The van der Waals surface area contributed by atoms with Gasteiger partial charge in [0, 0.05) is 12.1 Å². The zero-order valence-corrected chi connectivity index (χ0v) is 13.0. The van der Waals surface area contributed by atoms with E-state index in [2.05, 4.69) is 5.32 Å². The Morgan fingerprint density at radius 1 is 1.17 bits per heavy atom. The molecule has 8 nitrogen and oxygen atoms in total. The summed E-state index contributed by atoms with van der Waals surface area (Å²) < 4.78 is 5.37. The van der Waals surface area contributed by atoms with Crippen LogP contribution < -0.4 is 10.1 Å². The van der Waals surface area contributed by atoms with Gasteiger partial charge in [-0.05, 0) is 24.3 Å². The van der Waals surface area contributed by atoms with Gasteiger partial charge in [-0.1, -0.05) is 11.6 Å². The minimum Gasteiger partial charge on any atom is -0.492 e. The summed E-state index contributed by atoms with van der Waals surface area (Å²) >= 11 is 5.74. The number of imide groups is 2. The largest absolute Gasteiger partial charge is 0.492 e. The Morgan fingerprint density at radius 3 is 2.39 bits per heavy atom. The molecule has 0 atom stereocenters. The molecule has 1 heterocycles. The van der Waals surface area contributed by atoms with Crippen LogP contribution in [-0.4, -0.2) is 60.3 Å². The molecule has 5 amide bonds. The highest BCUT2D eigenvalue weighted by Gasteiger charge is 2.42. The van der Waals surface area contributed by atoms with Crippen LogP contribution in [0, 0.1) is 0 Å². The van der Waals surface area contributed by atoms with Gasteiger partial charge in [0.25, 0.3) is 0 Å². The maximum atomic E-state index is 11.7. The van der Waals surface area contributed by atoms with Crippen molar-refractivity contribution >= 4 is 35.4 Å². The first kappa shape index (κ1) is 16.8. The normalized spacial score (nSPS) is 14.4. The summed E-state index contributed by atoms with van der Waals surface area (Å²) in [7, 11) is 1.18. The first-order valence-corrected chi connectivity index (χ1v) is 7.06. The van der Waals surface area contributed by atoms with Crippen LogP contribution in [-0.2, 0) is 14.4 Å². The van der Waals surface area contributed by atoms with Crippen LogP contribution in [0.25, 0.3) is 0 Å². The lowest BCUT2D eigenvalue weighted by molar-refractivity contribution is -0.143. The van der Waals surface area contributed by atoms with Crippen molar-refractivity contribution in [1.29, 1.82) is 0 Å². The SMILES string of the molecule is CN1C(=O)C(=O)N(CC(=O)NCCOc2ccc(Cl)cc2)C1=O. The number of benzene rings is 1. The second kappa shape index (κ2) is 7.10. The number of ether oxygens (including phenoxy) is 1. The number of nitrogens with zero attached hydrogens (tertiary/aromatic N) is 2. The Morgan fingerprint density at radius 2 is 1.83 bits per heavy atom. The number of halogens is 1. The molecule has 1 aromatic rings. The highest BCUT2D eigenvalue weighted by molar-refractivity contribution is 6.44. The van der Waals surface area contributed by atoms with E-state index in [1.54, 1.807) is 24.3 Å². The molecule has 0 aromatic heterocycles. The lowest BCUT2D eigenvalue weighted by atomic mass is 10.3. The van der Waals surface area contributed by atoms with Gasteiger partial charge in [0.2, 0.25) is 5.91 Å². The lowest BCUT2D eigenvalue weighted by Crippen LogP contribution is -2.42. The van der Waals surface area contributed by atoms with Crippen molar-refractivity contribution in [3.05, 3.63) is 29.3 Å². The number of urea groups is 1. The number of amides is 5. The number of likely N-dealkylation sites (N-methyl/N-ethyl adjacent to an activating group) is 1. The van der Waals surface area contributed by atoms with Gasteiger partial charge in [-0.2, -0.15) is 0 Å². The molecule has 1 aromatic carbocycles. The molecule has 0 saturated carbocycles. The standard InChI is InChI=1S/C14H14ClN3O5/c1-17-12(20)13(21)18(14(17)22)8-11(19)16-6-7-23-10-4-2-9(15)3-5-10/h2-5H,6-8H2,1H3,(H,16,19). The highest BCUT2D eigenvalue weighted by Crippen LogP contribution is 2.15. The van der Waals surface area contributed by atoms with Gasteiger partial charge in [-0.3, -0.25) is 19.3 Å². The molecule has 1 aliphatic rings. The molecule has 1 fully saturated rings. The Kier molecular flexibility index (Phi) is 5.17. The zero-order chi connectivity index (χ0) is 17.0. The van der Waals surface area contributed by atoms with E-state index in [0.29, 0.717) is 20.6 Å². The third-order valence-corrected chi connectivity index (χ3v) is 3.31. The number of carbonyl (C=O) groups excluding carboxylic acids is 4. The lowest BCUT2D eigenvalue weighted by Gasteiger charge is -2.13. The van der Waals surface area contributed by atoms with Crippen LogP contribution in [0.4, 0.5) is 4.79 Å². The maximum absolute atomic E-state index is 11.7. The topological polar surface area (TPSA) is 96.0 Å². The smallest absolute Gasteiger partial charge is 0.334 e. The summed E-state index contributed by atoms with van der Waals surface area (Å²) in [6.45, 7) is -0.121. The summed E-state index contributed by atoms with van der Waals surface area (Å²) in [5, 5.41) is 3.08. The number of carbonyl (C=O) groups is 4. The number of nitrogens with one attached hydrogen (secondary N) is 1. The molecule has 1 saturated heterocycles. The summed E-state index contributed by atoms with van der Waals surface area (Å²) in [4.78, 5) is 47.4. The van der Waals surface area contributed by atoms with Crippen molar-refractivity contribution in [1.82, 2.24) is 15.1 Å². The van der Waals surface area contributed by atoms with E-state index < -0.39 is 30.3 Å². The third-order valence-electron chi connectivity index (χ3n) is 3.06. The molecule has 0 aliphatic carbocycles. The fraction of sp³-hybridized carbons (Fsp3) is 0.286. The average molecular weight is 340 g/mol. The summed E-state index contributed by atoms with van der Waals surface area (Å²) in [6.07, 6.45) is 0. The van der Waals surface area contributed by atoms with Gasteiger partial charge in [-0.15, -0.1) is 0 Å². The van der Waals surface area contributed by atoms with Crippen LogP contribution in [0.5, 0.6) is 5.75 Å². The van der Waals surface area contributed by atoms with Crippen LogP contribution >= 0.6 is 11.6 Å². The first-order chi connectivity index (χ1) is 10.9. The van der Waals surface area contributed by atoms with Crippen molar-refractivity contribution in [3.8, 4) is 5.75 Å². The Hall–Kier alpha value is -2.61. The van der Waals surface area contributed by atoms with Gasteiger partial charge >= 0.3 is 17.8 Å². The van der Waals surface area contributed by atoms with Gasteiger partial charge in [0.15, 0.2) is 0 Å². The summed E-state index contributed by atoms with van der Waals surface area (Å²) in [6, 6.07) is 5.91. The molecule has 0 unspecified atom stereocenters. The molecule has 122 valence electrons. The quantitative estimate of drug-likeness (QED) is 0.455. The van der Waals surface area contributed by atoms with E-state index in [4.69, 9.17) is 16.3 Å². The van der Waals surface area contributed by atoms with Gasteiger partial charge in [0.1, 0.15) is 18.9 Å². The third kappa shape index (κ3) is 3.98. The van der Waals surface area contributed by atoms with Gasteiger partial charge < -0.3 is 10.1 Å². The van der Waals surface area contributed by atoms with Crippen molar-refractivity contribution in [2.24, 2.45) is 0 Å². The molecule has 1 N–H and O–H groups in total. The van der Waals surface area contributed by atoms with Gasteiger partial charge in [0.05, 0.1) is 6.54 Å². The summed E-state index contributed by atoms with van der Waals surface area (Å²) in [5.41, 5.74) is 0. The number of rotatable bonds is 6. The minimum absolute atomic E-state index is 0.182. The predicted octanol–water partition coefficient (Wildman–Crippen LogP) is 0.256. The summed E-state index contributed by atoms with van der Waals surface area (Å²) in [5.74, 6) is -1.92. The maximum Gasteiger partial charge on any atom is 0.334 e. The van der Waals surface area contributed by atoms with Crippen LogP contribution in [0.3, 0.4) is 0 Å². The van der Waals surface area contributed by atoms with E-state index in [1.807, 2.05) is 0 Å². The number of hydrogen-bond donors (Lipinski definition) is 1. The van der Waals surface area contributed by atoms with Crippen molar-refractivity contribution < 1.29 is 23.9 Å². The Bertz CT molecular complexity index is 646. The molecule has 23 heavy (non-hydrogen) atoms. The van der Waals surface area contributed by atoms with Crippen molar-refractivity contribution in [2.75, 3.05) is 26.7 Å². The second-order valence-corrected chi connectivity index (χ2v) is 5.13. The molecule has 0 bridgehead atoms. The minimum atomic E-state index is -1.01. The Labute approximate surface area is 136 Å². The van der Waals surface area contributed by atoms with Gasteiger partial charge in [-0.25, -0.2) is 9.69 Å². The first-order valence-electron chi connectivity index (χ1n) is 6.68. The van der Waals surface area contributed by atoms with Crippen molar-refractivity contribution in [2.45, 2.75) is 0 Å².